The van der Waals surface area contributed by atoms with Crippen LogP contribution in [0.15, 0.2) is 39.9 Å². The van der Waals surface area contributed by atoms with Crippen molar-refractivity contribution in [1.29, 1.82) is 0 Å². The van der Waals surface area contributed by atoms with Gasteiger partial charge in [0, 0.05) is 13.1 Å². The van der Waals surface area contributed by atoms with Crippen LogP contribution in [0.1, 0.15) is 17.5 Å². The lowest BCUT2D eigenvalue weighted by Crippen LogP contribution is -2.38. The van der Waals surface area contributed by atoms with Gasteiger partial charge in [0.15, 0.2) is 0 Å². The second-order valence-corrected chi connectivity index (χ2v) is 9.48. The molecule has 2 aromatic rings. The molecule has 1 aromatic carbocycles. The second-order valence-electron chi connectivity index (χ2n) is 6.54. The summed E-state index contributed by atoms with van der Waals surface area (Å²) in [7, 11) is -3.63. The number of nitrogens with zero attached hydrogens (tertiary/aromatic N) is 1. The van der Waals surface area contributed by atoms with Crippen molar-refractivity contribution in [3.05, 3.63) is 52.7 Å². The maximum Gasteiger partial charge on any atom is 0.250 e. The summed E-state index contributed by atoms with van der Waals surface area (Å²) in [5.41, 5.74) is 1.68. The third kappa shape index (κ3) is 4.49. The van der Waals surface area contributed by atoms with Gasteiger partial charge in [0.25, 0.3) is 10.0 Å². The Balaban J connectivity index is 1.51. The van der Waals surface area contributed by atoms with Crippen LogP contribution in [0.4, 0.5) is 4.39 Å². The lowest BCUT2D eigenvalue weighted by atomic mass is 9.97. The van der Waals surface area contributed by atoms with Gasteiger partial charge in [0.1, 0.15) is 10.0 Å². The van der Waals surface area contributed by atoms with Gasteiger partial charge in [-0.1, -0.05) is 18.2 Å². The zero-order valence-corrected chi connectivity index (χ0v) is 16.1. The molecule has 1 N–H and O–H groups in total. The third-order valence-corrected chi connectivity index (χ3v) is 7.36. The van der Waals surface area contributed by atoms with Gasteiger partial charge < -0.3 is 4.90 Å². The average molecular weight is 397 g/mol. The van der Waals surface area contributed by atoms with E-state index < -0.39 is 10.0 Å². The summed E-state index contributed by atoms with van der Waals surface area (Å²) in [5.74, 6) is -0.129. The van der Waals surface area contributed by atoms with Crippen LogP contribution in [-0.2, 0) is 21.2 Å². The molecule has 1 aliphatic rings. The maximum atomic E-state index is 13.4. The molecule has 1 aliphatic heterocycles. The van der Waals surface area contributed by atoms with E-state index in [0.717, 1.165) is 29.7 Å². The smallest absolute Gasteiger partial charge is 0.250 e. The van der Waals surface area contributed by atoms with Gasteiger partial charge in [0.2, 0.25) is 5.91 Å². The van der Waals surface area contributed by atoms with Gasteiger partial charge in [0.05, 0.1) is 6.54 Å². The molecule has 8 heteroatoms. The first-order chi connectivity index (χ1) is 12.3. The highest BCUT2D eigenvalue weighted by Crippen LogP contribution is 2.22. The van der Waals surface area contributed by atoms with E-state index in [0.29, 0.717) is 24.6 Å². The van der Waals surface area contributed by atoms with Crippen LogP contribution in [-0.4, -0.2) is 38.9 Å². The molecule has 0 bridgehead atoms. The van der Waals surface area contributed by atoms with Crippen LogP contribution in [0, 0.1) is 18.7 Å². The number of benzene rings is 1. The van der Waals surface area contributed by atoms with Gasteiger partial charge in [-0.15, -0.1) is 11.3 Å². The Morgan fingerprint density at radius 2 is 2.19 bits per heavy atom. The van der Waals surface area contributed by atoms with E-state index in [1.807, 2.05) is 6.07 Å². The SMILES string of the molecule is Cc1cc(CC2CCN(C(=O)CNS(=O)(=O)c3cccs3)C2)ccc1F. The molecule has 1 amide bonds. The number of thiophene rings is 1. The molecular formula is C18H21FN2O3S2. The fourth-order valence-corrected chi connectivity index (χ4v) is 5.16. The minimum atomic E-state index is -3.63. The molecule has 1 fully saturated rings. The summed E-state index contributed by atoms with van der Waals surface area (Å²) >= 11 is 1.12. The number of sulfonamides is 1. The van der Waals surface area contributed by atoms with Crippen molar-refractivity contribution in [3.63, 3.8) is 0 Å². The number of carbonyl (C=O) groups is 1. The zero-order chi connectivity index (χ0) is 18.7. The molecule has 1 saturated heterocycles. The largest absolute Gasteiger partial charge is 0.341 e. The van der Waals surface area contributed by atoms with Crippen molar-refractivity contribution in [3.8, 4) is 0 Å². The first-order valence-electron chi connectivity index (χ1n) is 8.41. The highest BCUT2D eigenvalue weighted by Gasteiger charge is 2.27. The number of rotatable bonds is 6. The predicted molar refractivity (Wildman–Crippen MR) is 99.0 cm³/mol. The lowest BCUT2D eigenvalue weighted by molar-refractivity contribution is -0.129. The number of halogens is 1. The average Bonchev–Trinajstić information content (AvgIpc) is 3.28. The van der Waals surface area contributed by atoms with Gasteiger partial charge >= 0.3 is 0 Å². The number of amides is 1. The maximum absolute atomic E-state index is 13.4. The normalized spacial score (nSPS) is 17.6. The van der Waals surface area contributed by atoms with Crippen molar-refractivity contribution < 1.29 is 17.6 Å². The molecule has 0 spiro atoms. The van der Waals surface area contributed by atoms with Crippen molar-refractivity contribution in [1.82, 2.24) is 9.62 Å². The molecule has 3 rings (SSSR count). The fourth-order valence-electron chi connectivity index (χ4n) is 3.15. The summed E-state index contributed by atoms with van der Waals surface area (Å²) in [5, 5.41) is 1.68. The van der Waals surface area contributed by atoms with Crippen LogP contribution < -0.4 is 4.72 Å². The van der Waals surface area contributed by atoms with Crippen LogP contribution in [0.25, 0.3) is 0 Å². The van der Waals surface area contributed by atoms with Crippen molar-refractivity contribution in [2.24, 2.45) is 5.92 Å². The molecular weight excluding hydrogens is 375 g/mol. The molecule has 1 unspecified atom stereocenters. The van der Waals surface area contributed by atoms with E-state index in [4.69, 9.17) is 0 Å². The van der Waals surface area contributed by atoms with Crippen molar-refractivity contribution >= 4 is 27.3 Å². The van der Waals surface area contributed by atoms with E-state index in [9.17, 15) is 17.6 Å². The Morgan fingerprint density at radius 3 is 2.88 bits per heavy atom. The number of hydrogen-bond acceptors (Lipinski definition) is 4. The zero-order valence-electron chi connectivity index (χ0n) is 14.4. The summed E-state index contributed by atoms with van der Waals surface area (Å²) in [6.45, 7) is 2.71. The van der Waals surface area contributed by atoms with Gasteiger partial charge in [-0.3, -0.25) is 4.79 Å². The Bertz CT molecular complexity index is 882. The Labute approximate surface area is 156 Å². The highest BCUT2D eigenvalue weighted by atomic mass is 32.2. The summed E-state index contributed by atoms with van der Waals surface area (Å²) < 4.78 is 40.1. The van der Waals surface area contributed by atoms with E-state index in [2.05, 4.69) is 4.72 Å². The molecule has 0 aliphatic carbocycles. The first-order valence-corrected chi connectivity index (χ1v) is 10.8. The molecule has 26 heavy (non-hydrogen) atoms. The van der Waals surface area contributed by atoms with E-state index in [1.165, 1.54) is 12.1 Å². The van der Waals surface area contributed by atoms with Crippen LogP contribution in [0.3, 0.4) is 0 Å². The van der Waals surface area contributed by atoms with E-state index in [1.54, 1.807) is 29.3 Å². The summed E-state index contributed by atoms with van der Waals surface area (Å²) in [6, 6.07) is 8.26. The minimum absolute atomic E-state index is 0.205. The molecule has 0 saturated carbocycles. The Hall–Kier alpha value is -1.77. The highest BCUT2D eigenvalue weighted by molar-refractivity contribution is 7.91. The minimum Gasteiger partial charge on any atom is -0.341 e. The summed E-state index contributed by atoms with van der Waals surface area (Å²) in [6.07, 6.45) is 1.64. The number of aryl methyl sites for hydroxylation is 1. The number of hydrogen-bond donors (Lipinski definition) is 1. The molecule has 1 aromatic heterocycles. The van der Waals surface area contributed by atoms with Crippen molar-refractivity contribution in [2.75, 3.05) is 19.6 Å². The first kappa shape index (κ1) is 19.0. The molecule has 2 heterocycles. The monoisotopic (exact) mass is 396 g/mol. The second kappa shape index (κ2) is 7.85. The topological polar surface area (TPSA) is 66.5 Å². The van der Waals surface area contributed by atoms with Crippen LogP contribution in [0.5, 0.6) is 0 Å². The van der Waals surface area contributed by atoms with Gasteiger partial charge in [-0.25, -0.2) is 17.5 Å². The third-order valence-electron chi connectivity index (χ3n) is 4.56. The van der Waals surface area contributed by atoms with E-state index >= 15 is 0 Å². The quantitative estimate of drug-likeness (QED) is 0.816. The van der Waals surface area contributed by atoms with Gasteiger partial charge in [-0.05, 0) is 54.3 Å². The summed E-state index contributed by atoms with van der Waals surface area (Å²) in [4.78, 5) is 14.0. The Morgan fingerprint density at radius 1 is 1.38 bits per heavy atom. The van der Waals surface area contributed by atoms with Crippen LogP contribution >= 0.6 is 11.3 Å². The molecule has 0 radical (unpaired) electrons. The van der Waals surface area contributed by atoms with Crippen molar-refractivity contribution in [2.45, 2.75) is 24.0 Å². The molecule has 1 atom stereocenters. The van der Waals surface area contributed by atoms with Gasteiger partial charge in [-0.2, -0.15) is 0 Å². The fraction of sp³-hybridized carbons (Fsp3) is 0.389. The standard InChI is InChI=1S/C18H21FN2O3S2/c1-13-9-14(4-5-16(13)19)10-15-6-7-21(12-15)17(22)11-20-26(23,24)18-3-2-8-25-18/h2-5,8-9,15,20H,6-7,10-12H2,1H3. The lowest BCUT2D eigenvalue weighted by Gasteiger charge is -2.17. The number of likely N-dealkylation sites (tertiary alicyclic amines) is 1. The number of nitrogens with one attached hydrogen (secondary N) is 1. The molecule has 5 nitrogen and oxygen atoms in total. The van der Waals surface area contributed by atoms with Crippen LogP contribution in [0.2, 0.25) is 0 Å². The molecule has 140 valence electrons. The predicted octanol–water partition coefficient (Wildman–Crippen LogP) is 2.57. The Kier molecular flexibility index (Phi) is 5.74. The number of carbonyl (C=O) groups excluding carboxylic acids is 1. The van der Waals surface area contributed by atoms with E-state index in [-0.39, 0.29) is 22.5 Å².